The summed E-state index contributed by atoms with van der Waals surface area (Å²) in [5.41, 5.74) is 1.86. The molecule has 0 saturated heterocycles. The monoisotopic (exact) mass is 440 g/mol. The fourth-order valence-corrected chi connectivity index (χ4v) is 7.33. The molecule has 30 heavy (non-hydrogen) atoms. The van der Waals surface area contributed by atoms with Gasteiger partial charge in [0, 0.05) is 5.56 Å². The molecule has 4 nitrogen and oxygen atoms in total. The lowest BCUT2D eigenvalue weighted by molar-refractivity contribution is 0.0767. The molecule has 1 atom stereocenters. The van der Waals surface area contributed by atoms with Crippen LogP contribution in [0.5, 0.6) is 5.75 Å². The number of rotatable bonds is 7. The standard InChI is InChI=1S/C25H44O4S/c1-15(2)13-24(9,10)22(25(11,12)14-23(6,7)8)19-16(3)17(4)20(26)18(5)21(19)30(27,28)29/h15,22,26H,13-14H2,1-12H3,(H,27,28,29). The average molecular weight is 441 g/mol. The third-order valence-electron chi connectivity index (χ3n) is 6.29. The normalized spacial score (nSPS) is 15.0. The Morgan fingerprint density at radius 3 is 1.67 bits per heavy atom. The van der Waals surface area contributed by atoms with Gasteiger partial charge in [-0.3, -0.25) is 4.55 Å². The van der Waals surface area contributed by atoms with Gasteiger partial charge in [0.05, 0.1) is 0 Å². The van der Waals surface area contributed by atoms with E-state index in [0.717, 1.165) is 18.4 Å². The van der Waals surface area contributed by atoms with Gasteiger partial charge in [-0.2, -0.15) is 8.42 Å². The van der Waals surface area contributed by atoms with Gasteiger partial charge in [-0.05, 0) is 78.4 Å². The van der Waals surface area contributed by atoms with Crippen molar-refractivity contribution in [2.45, 2.75) is 107 Å². The summed E-state index contributed by atoms with van der Waals surface area (Å²) < 4.78 is 35.4. The van der Waals surface area contributed by atoms with E-state index in [0.29, 0.717) is 17.0 Å². The zero-order valence-electron chi connectivity index (χ0n) is 21.2. The van der Waals surface area contributed by atoms with Crippen LogP contribution in [0.3, 0.4) is 0 Å². The van der Waals surface area contributed by atoms with Crippen LogP contribution in [-0.2, 0) is 10.1 Å². The summed E-state index contributed by atoms with van der Waals surface area (Å²) in [5, 5.41) is 10.6. The fourth-order valence-electron chi connectivity index (χ4n) is 6.30. The van der Waals surface area contributed by atoms with Crippen LogP contribution in [0.1, 0.15) is 103 Å². The molecule has 1 rings (SSSR count). The summed E-state index contributed by atoms with van der Waals surface area (Å²) in [7, 11) is -4.52. The predicted molar refractivity (Wildman–Crippen MR) is 126 cm³/mol. The molecule has 0 heterocycles. The summed E-state index contributed by atoms with van der Waals surface area (Å²) in [6.45, 7) is 25.0. The second-order valence-electron chi connectivity index (χ2n) is 12.2. The maximum absolute atomic E-state index is 12.6. The first-order chi connectivity index (χ1) is 13.1. The molecule has 1 unspecified atom stereocenters. The Balaban J connectivity index is 4.14. The molecule has 0 bridgehead atoms. The molecule has 0 aromatic heterocycles. The fraction of sp³-hybridized carbons (Fsp3) is 0.760. The SMILES string of the molecule is Cc1c(C)c(C(C(C)(C)CC(C)C)C(C)(C)CC(C)(C)C)c(S(=O)(=O)O)c(C)c1O. The van der Waals surface area contributed by atoms with Crippen molar-refractivity contribution < 1.29 is 18.1 Å². The van der Waals surface area contributed by atoms with E-state index in [1.807, 2.05) is 13.8 Å². The maximum atomic E-state index is 12.6. The molecule has 0 aliphatic carbocycles. The number of hydrogen-bond acceptors (Lipinski definition) is 3. The Bertz CT molecular complexity index is 885. The van der Waals surface area contributed by atoms with Crippen LogP contribution in [0.15, 0.2) is 4.90 Å². The summed E-state index contributed by atoms with van der Waals surface area (Å²) in [4.78, 5) is -0.119. The van der Waals surface area contributed by atoms with Crippen molar-refractivity contribution in [3.8, 4) is 5.75 Å². The van der Waals surface area contributed by atoms with Gasteiger partial charge in [-0.1, -0.05) is 62.3 Å². The quantitative estimate of drug-likeness (QED) is 0.440. The number of benzene rings is 1. The lowest BCUT2D eigenvalue weighted by Crippen LogP contribution is -2.39. The number of aromatic hydroxyl groups is 1. The van der Waals surface area contributed by atoms with Crippen molar-refractivity contribution in [3.05, 3.63) is 22.3 Å². The largest absolute Gasteiger partial charge is 0.507 e. The van der Waals surface area contributed by atoms with E-state index >= 15 is 0 Å². The predicted octanol–water partition coefficient (Wildman–Crippen LogP) is 7.18. The van der Waals surface area contributed by atoms with Crippen LogP contribution in [0.2, 0.25) is 0 Å². The molecule has 5 heteroatoms. The smallest absolute Gasteiger partial charge is 0.295 e. The van der Waals surface area contributed by atoms with Gasteiger partial charge in [0.1, 0.15) is 10.6 Å². The van der Waals surface area contributed by atoms with Crippen LogP contribution < -0.4 is 0 Å². The van der Waals surface area contributed by atoms with E-state index in [1.54, 1.807) is 6.92 Å². The van der Waals surface area contributed by atoms with Crippen molar-refractivity contribution in [3.63, 3.8) is 0 Å². The molecular formula is C25H44O4S. The molecule has 0 radical (unpaired) electrons. The maximum Gasteiger partial charge on any atom is 0.295 e. The molecule has 2 N–H and O–H groups in total. The molecule has 0 aliphatic heterocycles. The van der Waals surface area contributed by atoms with E-state index in [9.17, 15) is 18.1 Å². The highest BCUT2D eigenvalue weighted by Crippen LogP contribution is 2.57. The highest BCUT2D eigenvalue weighted by molar-refractivity contribution is 7.86. The first-order valence-electron chi connectivity index (χ1n) is 10.9. The second-order valence-corrected chi connectivity index (χ2v) is 13.5. The number of phenols is 1. The average Bonchev–Trinajstić information content (AvgIpc) is 2.44. The van der Waals surface area contributed by atoms with Crippen molar-refractivity contribution in [1.29, 1.82) is 0 Å². The molecular weight excluding hydrogens is 396 g/mol. The van der Waals surface area contributed by atoms with Crippen LogP contribution in [0, 0.1) is 42.9 Å². The highest BCUT2D eigenvalue weighted by Gasteiger charge is 2.47. The van der Waals surface area contributed by atoms with Gasteiger partial charge in [0.15, 0.2) is 0 Å². The Morgan fingerprint density at radius 2 is 1.30 bits per heavy atom. The first-order valence-corrected chi connectivity index (χ1v) is 12.4. The van der Waals surface area contributed by atoms with Crippen LogP contribution >= 0.6 is 0 Å². The zero-order valence-corrected chi connectivity index (χ0v) is 22.0. The van der Waals surface area contributed by atoms with E-state index < -0.39 is 10.1 Å². The Morgan fingerprint density at radius 1 is 0.833 bits per heavy atom. The number of phenolic OH excluding ortho intramolecular Hbond substituents is 1. The summed E-state index contributed by atoms with van der Waals surface area (Å²) in [6, 6.07) is 0. The van der Waals surface area contributed by atoms with Gasteiger partial charge in [0.25, 0.3) is 10.1 Å². The van der Waals surface area contributed by atoms with Crippen molar-refractivity contribution in [2.24, 2.45) is 22.2 Å². The molecule has 1 aromatic carbocycles. The minimum atomic E-state index is -4.52. The van der Waals surface area contributed by atoms with Gasteiger partial charge in [-0.15, -0.1) is 0 Å². The lowest BCUT2D eigenvalue weighted by Gasteiger charge is -2.49. The van der Waals surface area contributed by atoms with E-state index in [4.69, 9.17) is 0 Å². The Hall–Kier alpha value is -1.07. The first kappa shape index (κ1) is 27.0. The third kappa shape index (κ3) is 5.79. The van der Waals surface area contributed by atoms with E-state index in [-0.39, 0.29) is 38.4 Å². The molecule has 0 amide bonds. The van der Waals surface area contributed by atoms with Gasteiger partial charge >= 0.3 is 0 Å². The number of hydrogen-bond donors (Lipinski definition) is 2. The second kappa shape index (κ2) is 8.46. The van der Waals surface area contributed by atoms with Crippen LogP contribution in [0.25, 0.3) is 0 Å². The minimum Gasteiger partial charge on any atom is -0.507 e. The zero-order chi connectivity index (χ0) is 24.0. The lowest BCUT2D eigenvalue weighted by atomic mass is 9.56. The molecule has 0 aliphatic rings. The van der Waals surface area contributed by atoms with Crippen molar-refractivity contribution >= 4 is 10.1 Å². The molecule has 0 saturated carbocycles. The molecule has 0 fully saturated rings. The van der Waals surface area contributed by atoms with Crippen molar-refractivity contribution in [2.75, 3.05) is 0 Å². The van der Waals surface area contributed by atoms with E-state index in [1.165, 1.54) is 0 Å². The summed E-state index contributed by atoms with van der Waals surface area (Å²) in [6.07, 6.45) is 1.80. The summed E-state index contributed by atoms with van der Waals surface area (Å²) >= 11 is 0. The molecule has 0 spiro atoms. The Kier molecular flexibility index (Phi) is 7.60. The van der Waals surface area contributed by atoms with Gasteiger partial charge in [0.2, 0.25) is 0 Å². The van der Waals surface area contributed by atoms with Gasteiger partial charge < -0.3 is 5.11 Å². The highest BCUT2D eigenvalue weighted by atomic mass is 32.2. The Labute approximate surface area is 185 Å². The molecule has 1 aromatic rings. The van der Waals surface area contributed by atoms with E-state index in [2.05, 4.69) is 62.3 Å². The van der Waals surface area contributed by atoms with Crippen LogP contribution in [-0.4, -0.2) is 18.1 Å². The third-order valence-corrected chi connectivity index (χ3v) is 7.33. The molecule has 174 valence electrons. The van der Waals surface area contributed by atoms with Crippen molar-refractivity contribution in [1.82, 2.24) is 0 Å². The van der Waals surface area contributed by atoms with Crippen LogP contribution in [0.4, 0.5) is 0 Å². The topological polar surface area (TPSA) is 74.6 Å². The summed E-state index contributed by atoms with van der Waals surface area (Å²) in [5.74, 6) is 0.237. The van der Waals surface area contributed by atoms with Gasteiger partial charge in [-0.25, -0.2) is 0 Å². The minimum absolute atomic E-state index is 0.0445.